The minimum Gasteiger partial charge on any atom is -0.493 e. The Morgan fingerprint density at radius 1 is 1.15 bits per heavy atom. The molecule has 5 nitrogen and oxygen atoms in total. The molecule has 0 spiro atoms. The minimum atomic E-state index is -0.592. The number of rotatable bonds is 2. The van der Waals surface area contributed by atoms with Gasteiger partial charge in [0.25, 0.3) is 0 Å². The Hall–Kier alpha value is -2.02. The molecular weight excluding hydrogens is 424 g/mol. The number of nitrogens with two attached hydrogens (primary N) is 1. The number of hydrogen-bond acceptors (Lipinski definition) is 6. The van der Waals surface area contributed by atoms with Crippen molar-refractivity contribution in [1.29, 1.82) is 0 Å². The van der Waals surface area contributed by atoms with Gasteiger partial charge in [0.1, 0.15) is 0 Å². The maximum atomic E-state index is 10.3. The number of halogens is 1. The molecule has 1 heterocycles. The van der Waals surface area contributed by atoms with Crippen molar-refractivity contribution in [1.82, 2.24) is 10.0 Å². The molecule has 2 aromatic rings. The molecule has 0 saturated carbocycles. The zero-order valence-electron chi connectivity index (χ0n) is 14.1. The Labute approximate surface area is 179 Å². The molecule has 2 aliphatic rings. The minimum absolute atomic E-state index is 0. The average molecular weight is 442 g/mol. The molecule has 4 rings (SSSR count). The molecule has 0 fully saturated rings. The van der Waals surface area contributed by atoms with Crippen LogP contribution in [0, 0.1) is 0 Å². The monoisotopic (exact) mass is 441 g/mol. The van der Waals surface area contributed by atoms with Crippen LogP contribution in [0.15, 0.2) is 95.5 Å². The van der Waals surface area contributed by atoms with Gasteiger partial charge >= 0.3 is 0 Å². The van der Waals surface area contributed by atoms with E-state index in [4.69, 9.17) is 17.4 Å². The van der Waals surface area contributed by atoms with E-state index in [1.165, 1.54) is 10.0 Å². The van der Waals surface area contributed by atoms with E-state index >= 15 is 0 Å². The fraction of sp³-hybridized carbons (Fsp3) is 0.0526. The van der Waals surface area contributed by atoms with Crippen LogP contribution in [-0.4, -0.2) is 26.5 Å². The van der Waals surface area contributed by atoms with Gasteiger partial charge < -0.3 is 5.11 Å². The SMILES string of the molecule is NN1C(c2ccc(Cl)cc2)=NN(C(O)=C2C=CC=C2)C1S.[Fe].c1cc[cH-]c1. The van der Waals surface area contributed by atoms with Gasteiger partial charge in [-0.3, -0.25) is 5.01 Å². The summed E-state index contributed by atoms with van der Waals surface area (Å²) >= 11 is 10.3. The largest absolute Gasteiger partial charge is 0.493 e. The standard InChI is InChI=1S/C14H13ClN4OS.C5H5.Fe/c15-11-7-5-9(6-8-11)12-17-19(14(21)18(12)16)13(20)10-3-1-2-4-10;1-2-4-5-3-1;/h1-8,14,20-21H,16H2;1-5H;/q;-1;. The molecule has 27 heavy (non-hydrogen) atoms. The predicted molar refractivity (Wildman–Crippen MR) is 109 cm³/mol. The molecular formula is C19H18ClFeN4OS-. The second-order valence-corrected chi connectivity index (χ2v) is 6.39. The van der Waals surface area contributed by atoms with Gasteiger partial charge in [0.05, 0.1) is 0 Å². The predicted octanol–water partition coefficient (Wildman–Crippen LogP) is 4.00. The van der Waals surface area contributed by atoms with Crippen LogP contribution in [0.25, 0.3) is 0 Å². The van der Waals surface area contributed by atoms with Crippen LogP contribution < -0.4 is 5.84 Å². The Balaban J connectivity index is 0.000000379. The van der Waals surface area contributed by atoms with Crippen LogP contribution in [0.5, 0.6) is 0 Å². The zero-order valence-corrected chi connectivity index (χ0v) is 16.9. The Morgan fingerprint density at radius 2 is 1.74 bits per heavy atom. The quantitative estimate of drug-likeness (QED) is 0.217. The molecule has 0 bridgehead atoms. The smallest absolute Gasteiger partial charge is 0.217 e. The number of aliphatic hydroxyl groups excluding tert-OH is 1. The van der Waals surface area contributed by atoms with Crippen LogP contribution in [0.3, 0.4) is 0 Å². The summed E-state index contributed by atoms with van der Waals surface area (Å²) in [6.45, 7) is 0. The third kappa shape index (κ3) is 5.03. The molecule has 1 aliphatic carbocycles. The van der Waals surface area contributed by atoms with Crippen LogP contribution in [0.4, 0.5) is 0 Å². The van der Waals surface area contributed by atoms with Crippen molar-refractivity contribution >= 4 is 30.1 Å². The van der Waals surface area contributed by atoms with Gasteiger partial charge in [-0.05, 0) is 36.4 Å². The maximum absolute atomic E-state index is 10.3. The first-order valence-corrected chi connectivity index (χ1v) is 8.78. The summed E-state index contributed by atoms with van der Waals surface area (Å²) in [4.78, 5) is 0. The molecule has 0 saturated heterocycles. The molecule has 142 valence electrons. The number of allylic oxidation sites excluding steroid dienone is 5. The summed E-state index contributed by atoms with van der Waals surface area (Å²) in [5, 5.41) is 18.0. The summed E-state index contributed by atoms with van der Waals surface area (Å²) in [5.41, 5.74) is 0.855. The average Bonchev–Trinajstić information content (AvgIpc) is 3.40. The molecule has 0 radical (unpaired) electrons. The van der Waals surface area contributed by atoms with Gasteiger partial charge in [-0.25, -0.2) is 18.0 Å². The van der Waals surface area contributed by atoms with Crippen molar-refractivity contribution in [3.05, 3.63) is 101 Å². The third-order valence-corrected chi connectivity index (χ3v) is 4.43. The van der Waals surface area contributed by atoms with Crippen LogP contribution in [-0.2, 0) is 17.1 Å². The first-order valence-electron chi connectivity index (χ1n) is 7.88. The van der Waals surface area contributed by atoms with E-state index in [1.807, 2.05) is 54.6 Å². The van der Waals surface area contributed by atoms with Crippen molar-refractivity contribution in [3.8, 4) is 0 Å². The van der Waals surface area contributed by atoms with Crippen molar-refractivity contribution < 1.29 is 22.2 Å². The number of thiol groups is 1. The van der Waals surface area contributed by atoms with Gasteiger partial charge in [-0.2, -0.15) is 23.2 Å². The van der Waals surface area contributed by atoms with Crippen molar-refractivity contribution in [3.63, 3.8) is 0 Å². The van der Waals surface area contributed by atoms with Crippen molar-refractivity contribution in [2.75, 3.05) is 0 Å². The number of amidine groups is 1. The molecule has 2 aromatic carbocycles. The van der Waals surface area contributed by atoms with E-state index in [1.54, 1.807) is 24.3 Å². The molecule has 1 atom stereocenters. The van der Waals surface area contributed by atoms with Gasteiger partial charge in [0.15, 0.2) is 11.3 Å². The summed E-state index contributed by atoms with van der Waals surface area (Å²) in [6.07, 6.45) is 7.23. The Kier molecular flexibility index (Phi) is 7.71. The fourth-order valence-corrected chi connectivity index (χ4v) is 2.77. The molecule has 1 unspecified atom stereocenters. The van der Waals surface area contributed by atoms with Gasteiger partial charge in [0, 0.05) is 33.2 Å². The number of aliphatic hydroxyl groups is 1. The van der Waals surface area contributed by atoms with Crippen molar-refractivity contribution in [2.45, 2.75) is 5.50 Å². The van der Waals surface area contributed by atoms with E-state index in [-0.39, 0.29) is 23.0 Å². The number of nitrogens with zero attached hydrogens (tertiary/aromatic N) is 3. The summed E-state index contributed by atoms with van der Waals surface area (Å²) in [7, 11) is 0. The second-order valence-electron chi connectivity index (χ2n) is 5.49. The maximum Gasteiger partial charge on any atom is 0.217 e. The molecule has 3 N–H and O–H groups in total. The van der Waals surface area contributed by atoms with E-state index in [0.29, 0.717) is 16.4 Å². The van der Waals surface area contributed by atoms with Crippen LogP contribution in [0.1, 0.15) is 5.56 Å². The second kappa shape index (κ2) is 9.78. The number of benzene rings is 1. The molecule has 0 amide bonds. The van der Waals surface area contributed by atoms with E-state index in [2.05, 4.69) is 17.7 Å². The molecule has 8 heteroatoms. The first-order chi connectivity index (χ1) is 12.6. The summed E-state index contributed by atoms with van der Waals surface area (Å²) in [5.74, 6) is 6.51. The summed E-state index contributed by atoms with van der Waals surface area (Å²) in [6, 6.07) is 17.1. The Morgan fingerprint density at radius 3 is 2.26 bits per heavy atom. The summed E-state index contributed by atoms with van der Waals surface area (Å²) < 4.78 is 0. The van der Waals surface area contributed by atoms with Crippen LogP contribution >= 0.6 is 24.2 Å². The van der Waals surface area contributed by atoms with Gasteiger partial charge in [-0.1, -0.05) is 23.8 Å². The zero-order chi connectivity index (χ0) is 18.5. The van der Waals surface area contributed by atoms with Crippen LogP contribution in [0.2, 0.25) is 5.02 Å². The number of hydrazone groups is 1. The number of hydrazine groups is 1. The van der Waals surface area contributed by atoms with Gasteiger partial charge in [0.2, 0.25) is 5.88 Å². The first kappa shape index (κ1) is 21.3. The van der Waals surface area contributed by atoms with Crippen molar-refractivity contribution in [2.24, 2.45) is 10.9 Å². The normalized spacial score (nSPS) is 17.4. The van der Waals surface area contributed by atoms with E-state index in [9.17, 15) is 5.11 Å². The number of hydrogen-bond donors (Lipinski definition) is 3. The third-order valence-electron chi connectivity index (χ3n) is 3.71. The van der Waals surface area contributed by atoms with Gasteiger partial charge in [-0.15, -0.1) is 17.7 Å². The fourth-order valence-electron chi connectivity index (χ4n) is 2.37. The van der Waals surface area contributed by atoms with E-state index in [0.717, 1.165) is 5.56 Å². The van der Waals surface area contributed by atoms with E-state index < -0.39 is 5.50 Å². The molecule has 0 aromatic heterocycles. The topological polar surface area (TPSA) is 65.1 Å². The molecule has 1 aliphatic heterocycles. The Bertz CT molecular complexity index is 831.